The maximum Gasteiger partial charge on any atom is 0.252 e. The lowest BCUT2D eigenvalue weighted by molar-refractivity contribution is 1.13. The highest BCUT2D eigenvalue weighted by Crippen LogP contribution is 2.21. The molecule has 5 heteroatoms. The van der Waals surface area contributed by atoms with E-state index in [2.05, 4.69) is 20.6 Å². The Hall–Kier alpha value is -3.86. The number of H-pyrrole nitrogens is 1. The van der Waals surface area contributed by atoms with E-state index < -0.39 is 0 Å². The predicted molar refractivity (Wildman–Crippen MR) is 110 cm³/mol. The summed E-state index contributed by atoms with van der Waals surface area (Å²) in [6.07, 6.45) is 0. The van der Waals surface area contributed by atoms with Gasteiger partial charge in [0.05, 0.1) is 5.69 Å². The van der Waals surface area contributed by atoms with Crippen LogP contribution in [0.25, 0.3) is 11.3 Å². The molecule has 132 valence electrons. The fourth-order valence-electron chi connectivity index (χ4n) is 2.74. The molecular weight excluding hydrogens is 336 g/mol. The third-order valence-corrected chi connectivity index (χ3v) is 4.02. The third-order valence-electron chi connectivity index (χ3n) is 4.02. The number of rotatable bonds is 5. The van der Waals surface area contributed by atoms with E-state index in [1.165, 1.54) is 6.07 Å². The molecule has 0 saturated carbocycles. The zero-order valence-electron chi connectivity index (χ0n) is 14.5. The van der Waals surface area contributed by atoms with E-state index in [1.54, 1.807) is 0 Å². The number of nitrogens with one attached hydrogen (secondary N) is 3. The number of nitrogens with zero attached hydrogens (tertiary/aromatic N) is 1. The van der Waals surface area contributed by atoms with E-state index in [9.17, 15) is 4.79 Å². The number of aromatic amines is 1. The van der Waals surface area contributed by atoms with E-state index in [0.717, 1.165) is 22.6 Å². The largest absolute Gasteiger partial charge is 0.356 e. The van der Waals surface area contributed by atoms with Crippen molar-refractivity contribution in [2.24, 2.45) is 0 Å². The molecule has 1 aromatic heterocycles. The Bertz CT molecular complexity index is 1070. The lowest BCUT2D eigenvalue weighted by Gasteiger charge is -2.09. The van der Waals surface area contributed by atoms with Gasteiger partial charge in [-0.15, -0.1) is 0 Å². The van der Waals surface area contributed by atoms with Crippen molar-refractivity contribution in [1.82, 2.24) is 9.97 Å². The predicted octanol–water partition coefficient (Wildman–Crippen LogP) is 4.92. The minimum Gasteiger partial charge on any atom is -0.356 e. The highest BCUT2D eigenvalue weighted by molar-refractivity contribution is 5.65. The monoisotopic (exact) mass is 354 g/mol. The van der Waals surface area contributed by atoms with Crippen LogP contribution >= 0.6 is 0 Å². The normalized spacial score (nSPS) is 10.4. The molecule has 3 aromatic carbocycles. The van der Waals surface area contributed by atoms with Crippen molar-refractivity contribution in [3.8, 4) is 11.3 Å². The van der Waals surface area contributed by atoms with Crippen LogP contribution in [-0.2, 0) is 0 Å². The van der Waals surface area contributed by atoms with Gasteiger partial charge < -0.3 is 10.6 Å². The van der Waals surface area contributed by atoms with Gasteiger partial charge in [0.2, 0.25) is 5.95 Å². The third kappa shape index (κ3) is 4.22. The highest BCUT2D eigenvalue weighted by atomic mass is 16.1. The molecule has 4 rings (SSSR count). The molecule has 0 aliphatic heterocycles. The summed E-state index contributed by atoms with van der Waals surface area (Å²) in [7, 11) is 0. The molecule has 0 amide bonds. The maximum atomic E-state index is 12.0. The van der Waals surface area contributed by atoms with Crippen molar-refractivity contribution in [3.63, 3.8) is 0 Å². The number of anilines is 4. The summed E-state index contributed by atoms with van der Waals surface area (Å²) in [5, 5.41) is 6.49. The molecule has 0 unspecified atom stereocenters. The second-order valence-electron chi connectivity index (χ2n) is 6.04. The number of aromatic nitrogens is 2. The Kier molecular flexibility index (Phi) is 4.66. The zero-order chi connectivity index (χ0) is 18.5. The Morgan fingerprint density at radius 2 is 1.22 bits per heavy atom. The van der Waals surface area contributed by atoms with Gasteiger partial charge in [-0.2, -0.15) is 0 Å². The second kappa shape index (κ2) is 7.58. The van der Waals surface area contributed by atoms with Crippen molar-refractivity contribution in [2.75, 3.05) is 10.6 Å². The lowest BCUT2D eigenvalue weighted by atomic mass is 10.1. The molecule has 0 aliphatic carbocycles. The van der Waals surface area contributed by atoms with Crippen molar-refractivity contribution < 1.29 is 0 Å². The summed E-state index contributed by atoms with van der Waals surface area (Å²) < 4.78 is 0. The zero-order valence-corrected chi connectivity index (χ0v) is 14.5. The summed E-state index contributed by atoms with van der Waals surface area (Å²) >= 11 is 0. The molecule has 1 heterocycles. The van der Waals surface area contributed by atoms with Crippen molar-refractivity contribution in [3.05, 3.63) is 101 Å². The number of hydrogen-bond donors (Lipinski definition) is 3. The topological polar surface area (TPSA) is 69.8 Å². The summed E-state index contributed by atoms with van der Waals surface area (Å²) in [5.74, 6) is 0.408. The minimum atomic E-state index is -0.200. The first-order valence-corrected chi connectivity index (χ1v) is 8.62. The first kappa shape index (κ1) is 16.6. The molecule has 0 radical (unpaired) electrons. The van der Waals surface area contributed by atoms with Gasteiger partial charge in [-0.05, 0) is 36.4 Å². The number of para-hydroxylation sites is 1. The van der Waals surface area contributed by atoms with Gasteiger partial charge >= 0.3 is 0 Å². The van der Waals surface area contributed by atoms with Crippen molar-refractivity contribution >= 4 is 23.0 Å². The Morgan fingerprint density at radius 3 is 1.89 bits per heavy atom. The smallest absolute Gasteiger partial charge is 0.252 e. The molecule has 3 N–H and O–H groups in total. The highest BCUT2D eigenvalue weighted by Gasteiger charge is 2.04. The van der Waals surface area contributed by atoms with E-state index >= 15 is 0 Å². The Balaban J connectivity index is 1.52. The second-order valence-corrected chi connectivity index (χ2v) is 6.04. The standard InChI is InChI=1S/C22H18N4O/c27-21-15-20(16-7-3-1-4-8-16)25-22(26-21)24-19-13-11-18(12-14-19)23-17-9-5-2-6-10-17/h1-15,23H,(H2,24,25,26,27). The average molecular weight is 354 g/mol. The van der Waals surface area contributed by atoms with Crippen LogP contribution in [0.5, 0.6) is 0 Å². The fraction of sp³-hybridized carbons (Fsp3) is 0. The molecule has 0 atom stereocenters. The molecule has 0 aliphatic rings. The average Bonchev–Trinajstić information content (AvgIpc) is 2.71. The van der Waals surface area contributed by atoms with E-state index in [4.69, 9.17) is 0 Å². The lowest BCUT2D eigenvalue weighted by Crippen LogP contribution is -2.10. The van der Waals surface area contributed by atoms with E-state index in [1.807, 2.05) is 84.9 Å². The first-order valence-electron chi connectivity index (χ1n) is 8.62. The summed E-state index contributed by atoms with van der Waals surface area (Å²) in [4.78, 5) is 19.2. The molecule has 4 aromatic rings. The Labute approximate surface area is 156 Å². The van der Waals surface area contributed by atoms with E-state index in [0.29, 0.717) is 11.6 Å². The van der Waals surface area contributed by atoms with Crippen LogP contribution in [0.15, 0.2) is 95.8 Å². The fourth-order valence-corrected chi connectivity index (χ4v) is 2.74. The van der Waals surface area contributed by atoms with Crippen LogP contribution in [0.4, 0.5) is 23.0 Å². The maximum absolute atomic E-state index is 12.0. The Morgan fingerprint density at radius 1 is 0.667 bits per heavy atom. The van der Waals surface area contributed by atoms with Gasteiger partial charge in [0.15, 0.2) is 0 Å². The SMILES string of the molecule is O=c1cc(-c2ccccc2)nc(Nc2ccc(Nc3ccccc3)cc2)[nH]1. The van der Waals surface area contributed by atoms with Gasteiger partial charge in [0.25, 0.3) is 5.56 Å². The van der Waals surface area contributed by atoms with Crippen molar-refractivity contribution in [2.45, 2.75) is 0 Å². The molecule has 0 spiro atoms. The van der Waals surface area contributed by atoms with Crippen LogP contribution in [-0.4, -0.2) is 9.97 Å². The summed E-state index contributed by atoms with van der Waals surface area (Å²) in [6.45, 7) is 0. The minimum absolute atomic E-state index is 0.200. The quantitative estimate of drug-likeness (QED) is 0.475. The van der Waals surface area contributed by atoms with Gasteiger partial charge in [-0.1, -0.05) is 48.5 Å². The van der Waals surface area contributed by atoms with Crippen LogP contribution in [0, 0.1) is 0 Å². The number of hydrogen-bond acceptors (Lipinski definition) is 4. The molecule has 0 saturated heterocycles. The van der Waals surface area contributed by atoms with Gasteiger partial charge in [-0.3, -0.25) is 9.78 Å². The summed E-state index contributed by atoms with van der Waals surface area (Å²) in [6, 6.07) is 28.9. The van der Waals surface area contributed by atoms with Crippen LogP contribution in [0.3, 0.4) is 0 Å². The first-order chi connectivity index (χ1) is 13.3. The molecule has 5 nitrogen and oxygen atoms in total. The van der Waals surface area contributed by atoms with Crippen LogP contribution < -0.4 is 16.2 Å². The van der Waals surface area contributed by atoms with Gasteiger partial charge in [0, 0.05) is 28.7 Å². The number of benzene rings is 3. The van der Waals surface area contributed by atoms with E-state index in [-0.39, 0.29) is 5.56 Å². The molecule has 0 fully saturated rings. The molecule has 27 heavy (non-hydrogen) atoms. The summed E-state index contributed by atoms with van der Waals surface area (Å²) in [5.41, 5.74) is 4.17. The molecule has 0 bridgehead atoms. The molecular formula is C22H18N4O. The van der Waals surface area contributed by atoms with Gasteiger partial charge in [0.1, 0.15) is 0 Å². The van der Waals surface area contributed by atoms with Crippen LogP contribution in [0.1, 0.15) is 0 Å². The van der Waals surface area contributed by atoms with Crippen LogP contribution in [0.2, 0.25) is 0 Å². The van der Waals surface area contributed by atoms with Gasteiger partial charge in [-0.25, -0.2) is 4.98 Å². The van der Waals surface area contributed by atoms with Crippen molar-refractivity contribution in [1.29, 1.82) is 0 Å².